The maximum atomic E-state index is 13.8. The first kappa shape index (κ1) is 36.7. The standard InChI is InChI=1S/C30H39Cl2F2NO7S/c1-16(31)21(17(2)32)14-23(20-11-12-22(41-27(33)34)24(13-20)39-15-19-9-10-19)40-26(37)25(30(7,8)43-18(3)36)35-28(38)42-29(4,5)6/h11-13,19,23,25,27H,1,9-10,14-15H2,2-8H3,(H,35,38)/b21-17+/t23-,25?/m0/s1. The smallest absolute Gasteiger partial charge is 0.408 e. The number of carbonyl (C=O) groups is 3. The highest BCUT2D eigenvalue weighted by Gasteiger charge is 2.42. The molecule has 1 aromatic rings. The Labute approximate surface area is 265 Å². The summed E-state index contributed by atoms with van der Waals surface area (Å²) >= 11 is 13.3. The third-order valence-electron chi connectivity index (χ3n) is 6.12. The fourth-order valence-electron chi connectivity index (χ4n) is 3.95. The van der Waals surface area contributed by atoms with Crippen LogP contribution in [0.2, 0.25) is 0 Å². The Morgan fingerprint density at radius 2 is 1.72 bits per heavy atom. The van der Waals surface area contributed by atoms with Gasteiger partial charge in [-0.05, 0) is 83.6 Å². The Hall–Kier alpha value is -2.50. The van der Waals surface area contributed by atoms with Crippen molar-refractivity contribution in [3.8, 4) is 11.5 Å². The van der Waals surface area contributed by atoms with Gasteiger partial charge in [-0.2, -0.15) is 8.78 Å². The largest absolute Gasteiger partial charge is 0.489 e. The first-order valence-corrected chi connectivity index (χ1v) is 15.2. The summed E-state index contributed by atoms with van der Waals surface area (Å²) < 4.78 is 46.9. The molecule has 1 aliphatic rings. The first-order valence-electron chi connectivity index (χ1n) is 13.6. The highest BCUT2D eigenvalue weighted by molar-refractivity contribution is 8.14. The number of hydrogen-bond donors (Lipinski definition) is 1. The summed E-state index contributed by atoms with van der Waals surface area (Å²) in [6, 6.07) is 2.84. The molecule has 0 aliphatic heterocycles. The average molecular weight is 667 g/mol. The molecule has 43 heavy (non-hydrogen) atoms. The van der Waals surface area contributed by atoms with Gasteiger partial charge in [-0.3, -0.25) is 4.79 Å². The van der Waals surface area contributed by atoms with Crippen molar-refractivity contribution in [2.45, 2.75) is 96.8 Å². The van der Waals surface area contributed by atoms with Crippen molar-refractivity contribution in [1.82, 2.24) is 5.32 Å². The molecule has 1 fully saturated rings. The van der Waals surface area contributed by atoms with Gasteiger partial charge >= 0.3 is 18.7 Å². The van der Waals surface area contributed by atoms with Crippen molar-refractivity contribution in [2.75, 3.05) is 6.61 Å². The molecule has 8 nitrogen and oxygen atoms in total. The maximum absolute atomic E-state index is 13.8. The molecule has 13 heteroatoms. The Morgan fingerprint density at radius 3 is 2.21 bits per heavy atom. The second-order valence-electron chi connectivity index (χ2n) is 11.7. The van der Waals surface area contributed by atoms with Crippen LogP contribution in [0.15, 0.2) is 40.4 Å². The predicted octanol–water partition coefficient (Wildman–Crippen LogP) is 8.27. The topological polar surface area (TPSA) is 100 Å². The van der Waals surface area contributed by atoms with Gasteiger partial charge in [-0.15, -0.1) is 0 Å². The summed E-state index contributed by atoms with van der Waals surface area (Å²) in [4.78, 5) is 38.6. The van der Waals surface area contributed by atoms with Crippen LogP contribution in [0.4, 0.5) is 13.6 Å². The number of nitrogens with one attached hydrogen (secondary N) is 1. The van der Waals surface area contributed by atoms with Gasteiger partial charge in [0.1, 0.15) is 17.7 Å². The minimum Gasteiger partial charge on any atom is -0.489 e. The van der Waals surface area contributed by atoms with Crippen LogP contribution in [0.3, 0.4) is 0 Å². The van der Waals surface area contributed by atoms with Crippen LogP contribution < -0.4 is 14.8 Å². The zero-order valence-corrected chi connectivity index (χ0v) is 27.7. The summed E-state index contributed by atoms with van der Waals surface area (Å²) in [6.45, 7) is 12.1. The van der Waals surface area contributed by atoms with Gasteiger partial charge < -0.3 is 24.3 Å². The molecule has 1 amide bonds. The van der Waals surface area contributed by atoms with Gasteiger partial charge in [0.2, 0.25) is 0 Å². The molecular formula is C30H39Cl2F2NO7S. The van der Waals surface area contributed by atoms with Crippen molar-refractivity contribution in [1.29, 1.82) is 0 Å². The predicted molar refractivity (Wildman–Crippen MR) is 164 cm³/mol. The number of carbonyl (C=O) groups excluding carboxylic acids is 3. The molecule has 240 valence electrons. The van der Waals surface area contributed by atoms with Crippen LogP contribution in [0.25, 0.3) is 0 Å². The van der Waals surface area contributed by atoms with Gasteiger partial charge in [0.05, 0.1) is 6.61 Å². The molecule has 0 radical (unpaired) electrons. The number of benzene rings is 1. The highest BCUT2D eigenvalue weighted by Crippen LogP contribution is 2.39. The third kappa shape index (κ3) is 12.6. The maximum Gasteiger partial charge on any atom is 0.408 e. The quantitative estimate of drug-likeness (QED) is 0.157. The molecule has 0 aromatic heterocycles. The lowest BCUT2D eigenvalue weighted by Gasteiger charge is -2.33. The number of rotatable bonds is 14. The van der Waals surface area contributed by atoms with Gasteiger partial charge in [-0.1, -0.05) is 47.6 Å². The highest BCUT2D eigenvalue weighted by atomic mass is 35.5. The monoisotopic (exact) mass is 665 g/mol. The number of halogens is 4. The number of amides is 1. The number of allylic oxidation sites excluding steroid dienone is 2. The van der Waals surface area contributed by atoms with E-state index >= 15 is 0 Å². The van der Waals surface area contributed by atoms with Gasteiger partial charge in [-0.25, -0.2) is 9.59 Å². The van der Waals surface area contributed by atoms with E-state index in [9.17, 15) is 23.2 Å². The summed E-state index contributed by atoms with van der Waals surface area (Å²) in [7, 11) is 0. The van der Waals surface area contributed by atoms with Crippen molar-refractivity contribution >= 4 is 52.1 Å². The van der Waals surface area contributed by atoms with E-state index in [1.807, 2.05) is 0 Å². The van der Waals surface area contributed by atoms with E-state index in [-0.39, 0.29) is 28.1 Å². The zero-order valence-electron chi connectivity index (χ0n) is 25.4. The zero-order chi connectivity index (χ0) is 32.7. The van der Waals surface area contributed by atoms with Crippen LogP contribution in [-0.4, -0.2) is 46.8 Å². The molecule has 2 rings (SSSR count). The van der Waals surface area contributed by atoms with Gasteiger partial charge in [0.15, 0.2) is 16.6 Å². The van der Waals surface area contributed by atoms with E-state index in [0.29, 0.717) is 28.7 Å². The van der Waals surface area contributed by atoms with E-state index in [1.54, 1.807) is 41.5 Å². The average Bonchev–Trinajstić information content (AvgIpc) is 3.66. The summed E-state index contributed by atoms with van der Waals surface area (Å²) in [5.41, 5.74) is -0.137. The van der Waals surface area contributed by atoms with Crippen molar-refractivity contribution in [2.24, 2.45) is 5.92 Å². The van der Waals surface area contributed by atoms with E-state index in [4.69, 9.17) is 37.4 Å². The molecule has 1 saturated carbocycles. The van der Waals surface area contributed by atoms with Crippen LogP contribution in [0.5, 0.6) is 11.5 Å². The van der Waals surface area contributed by atoms with Gasteiger partial charge in [0.25, 0.3) is 0 Å². The van der Waals surface area contributed by atoms with E-state index in [0.717, 1.165) is 24.6 Å². The molecule has 0 spiro atoms. The molecule has 1 aromatic carbocycles. The van der Waals surface area contributed by atoms with Crippen LogP contribution in [0, 0.1) is 5.92 Å². The molecule has 0 saturated heterocycles. The molecular weight excluding hydrogens is 627 g/mol. The Balaban J connectivity index is 2.55. The van der Waals surface area contributed by atoms with E-state index < -0.39 is 41.2 Å². The number of esters is 1. The number of hydrogen-bond acceptors (Lipinski definition) is 8. The minimum atomic E-state index is -3.09. The summed E-state index contributed by atoms with van der Waals surface area (Å²) in [5, 5.41) is 2.64. The Kier molecular flexibility index (Phi) is 13.2. The van der Waals surface area contributed by atoms with E-state index in [2.05, 4.69) is 16.6 Å². The van der Waals surface area contributed by atoms with Gasteiger partial charge in [0, 0.05) is 28.2 Å². The molecule has 0 bridgehead atoms. The van der Waals surface area contributed by atoms with Crippen molar-refractivity contribution in [3.63, 3.8) is 0 Å². The molecule has 0 heterocycles. The Bertz CT molecular complexity index is 1230. The summed E-state index contributed by atoms with van der Waals surface area (Å²) in [5.74, 6) is -0.724. The fraction of sp³-hybridized carbons (Fsp3) is 0.567. The second-order valence-corrected chi connectivity index (χ2v) is 14.5. The molecule has 1 unspecified atom stereocenters. The van der Waals surface area contributed by atoms with Crippen molar-refractivity contribution < 1.29 is 42.1 Å². The number of ether oxygens (including phenoxy) is 4. The molecule has 1 N–H and O–H groups in total. The molecule has 1 aliphatic carbocycles. The van der Waals surface area contributed by atoms with Crippen LogP contribution >= 0.6 is 35.0 Å². The van der Waals surface area contributed by atoms with Crippen molar-refractivity contribution in [3.05, 3.63) is 46.0 Å². The summed E-state index contributed by atoms with van der Waals surface area (Å²) in [6.07, 6.45) is -0.117. The minimum absolute atomic E-state index is 0.0412. The Morgan fingerprint density at radius 1 is 1.09 bits per heavy atom. The van der Waals surface area contributed by atoms with Crippen LogP contribution in [-0.2, 0) is 19.1 Å². The number of thioether (sulfide) groups is 1. The normalized spacial score (nSPS) is 15.6. The van der Waals surface area contributed by atoms with E-state index in [1.165, 1.54) is 25.1 Å². The molecule has 2 atom stereocenters. The lowest BCUT2D eigenvalue weighted by Crippen LogP contribution is -2.54. The lowest BCUT2D eigenvalue weighted by atomic mass is 9.99. The number of alkyl halides is 2. The fourth-order valence-corrected chi connectivity index (χ4v) is 5.43. The lowest BCUT2D eigenvalue weighted by molar-refractivity contribution is -0.152. The third-order valence-corrected chi connectivity index (χ3v) is 7.62. The van der Waals surface area contributed by atoms with Crippen LogP contribution in [0.1, 0.15) is 79.4 Å². The second kappa shape index (κ2) is 15.5. The SMILES string of the molecule is C=C(Cl)/C(C[C@H](OC(=O)C(NC(=O)OC(C)(C)C)C(C)(C)SC(C)=O)c1ccc(OC(F)F)c(OCC2CC2)c1)=C(\C)Cl. The first-order chi connectivity index (χ1) is 19.8. The number of alkyl carbamates (subject to hydrolysis) is 1.